The normalized spacial score (nSPS) is 10.8. The molecule has 0 aliphatic rings. The van der Waals surface area contributed by atoms with Gasteiger partial charge in [0.15, 0.2) is 11.3 Å². The summed E-state index contributed by atoms with van der Waals surface area (Å²) in [6.45, 7) is 0.919. The SMILES string of the molecule is CNCCc1cc2cccc(OC)c2o1. The van der Waals surface area contributed by atoms with E-state index in [2.05, 4.69) is 11.4 Å². The molecule has 0 amide bonds. The number of likely N-dealkylation sites (N-methyl/N-ethyl adjacent to an activating group) is 1. The lowest BCUT2D eigenvalue weighted by atomic mass is 10.2. The van der Waals surface area contributed by atoms with Gasteiger partial charge in [-0.05, 0) is 19.2 Å². The van der Waals surface area contributed by atoms with Crippen LogP contribution in [0.1, 0.15) is 5.76 Å². The van der Waals surface area contributed by atoms with E-state index in [-0.39, 0.29) is 0 Å². The molecule has 0 aliphatic heterocycles. The van der Waals surface area contributed by atoms with Crippen LogP contribution >= 0.6 is 0 Å². The summed E-state index contributed by atoms with van der Waals surface area (Å²) >= 11 is 0. The summed E-state index contributed by atoms with van der Waals surface area (Å²) in [4.78, 5) is 0. The predicted molar refractivity (Wildman–Crippen MR) is 60.4 cm³/mol. The van der Waals surface area contributed by atoms with Gasteiger partial charge in [0.2, 0.25) is 0 Å². The van der Waals surface area contributed by atoms with Crippen LogP contribution in [0.15, 0.2) is 28.7 Å². The molecule has 3 nitrogen and oxygen atoms in total. The second-order valence-electron chi connectivity index (χ2n) is 3.44. The van der Waals surface area contributed by atoms with Crippen LogP contribution in [0.3, 0.4) is 0 Å². The van der Waals surface area contributed by atoms with E-state index in [1.165, 1.54) is 0 Å². The van der Waals surface area contributed by atoms with E-state index in [9.17, 15) is 0 Å². The van der Waals surface area contributed by atoms with Crippen molar-refractivity contribution in [2.24, 2.45) is 0 Å². The Bertz CT molecular complexity index is 448. The molecule has 1 aromatic heterocycles. The van der Waals surface area contributed by atoms with Gasteiger partial charge in [0.05, 0.1) is 7.11 Å². The fraction of sp³-hybridized carbons (Fsp3) is 0.333. The standard InChI is InChI=1S/C12H15NO2/c1-13-7-6-10-8-9-4-3-5-11(14-2)12(9)15-10/h3-5,8,13H,6-7H2,1-2H3. The summed E-state index contributed by atoms with van der Waals surface area (Å²) < 4.78 is 11.0. The first-order valence-electron chi connectivity index (χ1n) is 5.05. The van der Waals surface area contributed by atoms with Gasteiger partial charge in [-0.25, -0.2) is 0 Å². The molecule has 0 saturated carbocycles. The Kier molecular flexibility index (Phi) is 2.92. The second kappa shape index (κ2) is 4.36. The minimum Gasteiger partial charge on any atom is -0.493 e. The molecular weight excluding hydrogens is 190 g/mol. The van der Waals surface area contributed by atoms with Crippen LogP contribution in [0.4, 0.5) is 0 Å². The summed E-state index contributed by atoms with van der Waals surface area (Å²) in [5.41, 5.74) is 0.839. The number of ether oxygens (including phenoxy) is 1. The topological polar surface area (TPSA) is 34.4 Å². The van der Waals surface area contributed by atoms with Crippen LogP contribution in [-0.4, -0.2) is 20.7 Å². The maximum absolute atomic E-state index is 5.73. The van der Waals surface area contributed by atoms with Crippen molar-refractivity contribution in [2.45, 2.75) is 6.42 Å². The number of furan rings is 1. The van der Waals surface area contributed by atoms with E-state index >= 15 is 0 Å². The molecule has 1 aromatic carbocycles. The Balaban J connectivity index is 2.37. The second-order valence-corrected chi connectivity index (χ2v) is 3.44. The molecular formula is C12H15NO2. The highest BCUT2D eigenvalue weighted by Gasteiger charge is 2.07. The van der Waals surface area contributed by atoms with E-state index in [1.54, 1.807) is 7.11 Å². The number of fused-ring (bicyclic) bond motifs is 1. The van der Waals surface area contributed by atoms with Crippen molar-refractivity contribution >= 4 is 11.0 Å². The van der Waals surface area contributed by atoms with Crippen LogP contribution in [-0.2, 0) is 6.42 Å². The summed E-state index contributed by atoms with van der Waals surface area (Å²) in [7, 11) is 3.59. The average Bonchev–Trinajstić information content (AvgIpc) is 2.68. The maximum atomic E-state index is 5.73. The van der Waals surface area contributed by atoms with Crippen molar-refractivity contribution in [3.8, 4) is 5.75 Å². The molecule has 2 aromatic rings. The smallest absolute Gasteiger partial charge is 0.176 e. The monoisotopic (exact) mass is 205 g/mol. The highest BCUT2D eigenvalue weighted by molar-refractivity contribution is 5.83. The van der Waals surface area contributed by atoms with Gasteiger partial charge in [0, 0.05) is 18.4 Å². The van der Waals surface area contributed by atoms with Gasteiger partial charge in [-0.3, -0.25) is 0 Å². The van der Waals surface area contributed by atoms with Gasteiger partial charge >= 0.3 is 0 Å². The van der Waals surface area contributed by atoms with E-state index in [1.807, 2.05) is 25.2 Å². The van der Waals surface area contributed by atoms with Crippen molar-refractivity contribution in [1.82, 2.24) is 5.32 Å². The van der Waals surface area contributed by atoms with Crippen LogP contribution < -0.4 is 10.1 Å². The van der Waals surface area contributed by atoms with E-state index < -0.39 is 0 Å². The minimum absolute atomic E-state index is 0.795. The third kappa shape index (κ3) is 1.97. The minimum atomic E-state index is 0.795. The highest BCUT2D eigenvalue weighted by Crippen LogP contribution is 2.28. The molecule has 0 fully saturated rings. The zero-order valence-electron chi connectivity index (χ0n) is 9.04. The van der Waals surface area contributed by atoms with Crippen LogP contribution in [0.5, 0.6) is 5.75 Å². The van der Waals surface area contributed by atoms with Gasteiger partial charge in [0.25, 0.3) is 0 Å². The summed E-state index contributed by atoms with van der Waals surface area (Å²) in [6.07, 6.45) is 0.897. The number of hydrogen-bond acceptors (Lipinski definition) is 3. The predicted octanol–water partition coefficient (Wildman–Crippen LogP) is 2.20. The quantitative estimate of drug-likeness (QED) is 0.831. The molecule has 2 rings (SSSR count). The van der Waals surface area contributed by atoms with Gasteiger partial charge < -0.3 is 14.5 Å². The highest BCUT2D eigenvalue weighted by atomic mass is 16.5. The number of nitrogens with one attached hydrogen (secondary N) is 1. The van der Waals surface area contributed by atoms with Crippen LogP contribution in [0.25, 0.3) is 11.0 Å². The Hall–Kier alpha value is -1.48. The molecule has 3 heteroatoms. The van der Waals surface area contributed by atoms with Gasteiger partial charge in [-0.1, -0.05) is 12.1 Å². The largest absolute Gasteiger partial charge is 0.493 e. The molecule has 0 bridgehead atoms. The number of para-hydroxylation sites is 1. The summed E-state index contributed by atoms with van der Waals surface area (Å²) in [5.74, 6) is 1.78. The van der Waals surface area contributed by atoms with Crippen LogP contribution in [0.2, 0.25) is 0 Å². The fourth-order valence-electron chi connectivity index (χ4n) is 1.62. The first-order valence-corrected chi connectivity index (χ1v) is 5.05. The van der Waals surface area contributed by atoms with Gasteiger partial charge in [0.1, 0.15) is 5.76 Å². The molecule has 1 heterocycles. The van der Waals surface area contributed by atoms with E-state index in [0.29, 0.717) is 0 Å². The zero-order chi connectivity index (χ0) is 10.7. The maximum Gasteiger partial charge on any atom is 0.176 e. The average molecular weight is 205 g/mol. The lowest BCUT2D eigenvalue weighted by Gasteiger charge is -1.98. The number of methoxy groups -OCH3 is 1. The van der Waals surface area contributed by atoms with Crippen LogP contribution in [0, 0.1) is 0 Å². The zero-order valence-corrected chi connectivity index (χ0v) is 9.04. The molecule has 1 N–H and O–H groups in total. The Morgan fingerprint density at radius 2 is 2.27 bits per heavy atom. The van der Waals surface area contributed by atoms with Crippen molar-refractivity contribution in [3.05, 3.63) is 30.0 Å². The molecule has 0 unspecified atom stereocenters. The molecule has 80 valence electrons. The lowest BCUT2D eigenvalue weighted by Crippen LogP contribution is -2.09. The Labute approximate surface area is 89.0 Å². The van der Waals surface area contributed by atoms with Gasteiger partial charge in [-0.2, -0.15) is 0 Å². The molecule has 0 aliphatic carbocycles. The van der Waals surface area contributed by atoms with Crippen molar-refractivity contribution < 1.29 is 9.15 Å². The summed E-state index contributed by atoms with van der Waals surface area (Å²) in [6, 6.07) is 7.98. The number of hydrogen-bond donors (Lipinski definition) is 1. The molecule has 0 spiro atoms. The van der Waals surface area contributed by atoms with Crippen molar-refractivity contribution in [1.29, 1.82) is 0 Å². The van der Waals surface area contributed by atoms with E-state index in [4.69, 9.17) is 9.15 Å². The first-order chi connectivity index (χ1) is 7.35. The number of benzene rings is 1. The first kappa shape index (κ1) is 10.1. The molecule has 15 heavy (non-hydrogen) atoms. The molecule has 0 atom stereocenters. The molecule has 0 saturated heterocycles. The van der Waals surface area contributed by atoms with E-state index in [0.717, 1.165) is 35.4 Å². The number of rotatable bonds is 4. The Morgan fingerprint density at radius 3 is 3.00 bits per heavy atom. The summed E-state index contributed by atoms with van der Waals surface area (Å²) in [5, 5.41) is 4.20. The Morgan fingerprint density at radius 1 is 1.40 bits per heavy atom. The van der Waals surface area contributed by atoms with Gasteiger partial charge in [-0.15, -0.1) is 0 Å². The lowest BCUT2D eigenvalue weighted by molar-refractivity contribution is 0.407. The third-order valence-corrected chi connectivity index (χ3v) is 2.40. The molecule has 0 radical (unpaired) electrons. The van der Waals surface area contributed by atoms with Crippen molar-refractivity contribution in [3.63, 3.8) is 0 Å². The fourth-order valence-corrected chi connectivity index (χ4v) is 1.62. The third-order valence-electron chi connectivity index (χ3n) is 2.40. The van der Waals surface area contributed by atoms with Crippen molar-refractivity contribution in [2.75, 3.05) is 20.7 Å².